The number of H-pyrrole nitrogens is 1. The zero-order valence-corrected chi connectivity index (χ0v) is 12.7. The molecule has 23 heavy (non-hydrogen) atoms. The Morgan fingerprint density at radius 2 is 1.91 bits per heavy atom. The van der Waals surface area contributed by atoms with Crippen LogP contribution in [0, 0.1) is 6.92 Å². The first-order valence-electron chi connectivity index (χ1n) is 7.31. The minimum absolute atomic E-state index is 0.148. The summed E-state index contributed by atoms with van der Waals surface area (Å²) in [7, 11) is 0. The van der Waals surface area contributed by atoms with Crippen LogP contribution in [0.25, 0.3) is 0 Å². The number of phenols is 1. The largest absolute Gasteiger partial charge is 0.508 e. The number of nitrogens with one attached hydrogen (secondary N) is 2. The van der Waals surface area contributed by atoms with Crippen molar-refractivity contribution in [3.63, 3.8) is 0 Å². The minimum atomic E-state index is -0.163. The van der Waals surface area contributed by atoms with Crippen molar-refractivity contribution in [1.29, 1.82) is 0 Å². The molecular formula is C18H17N3O2. The van der Waals surface area contributed by atoms with E-state index in [9.17, 15) is 9.90 Å². The van der Waals surface area contributed by atoms with Crippen molar-refractivity contribution >= 4 is 11.6 Å². The number of hydrogen-bond acceptors (Lipinski definition) is 4. The Balaban J connectivity index is 1.87. The molecule has 0 aliphatic carbocycles. The van der Waals surface area contributed by atoms with Gasteiger partial charge in [-0.25, -0.2) is 4.98 Å². The summed E-state index contributed by atoms with van der Waals surface area (Å²) in [5, 5.41) is 12.5. The average Bonchev–Trinajstić information content (AvgIpc) is 2.52. The summed E-state index contributed by atoms with van der Waals surface area (Å²) in [4.78, 5) is 19.5. The highest BCUT2D eigenvalue weighted by atomic mass is 16.3. The molecule has 0 bridgehead atoms. The fourth-order valence-corrected chi connectivity index (χ4v) is 2.40. The molecule has 116 valence electrons. The number of phenolic OH excluding ortho intramolecular Hbond substituents is 1. The molecule has 1 heterocycles. The highest BCUT2D eigenvalue weighted by Gasteiger charge is 2.09. The molecule has 5 nitrogen and oxygen atoms in total. The van der Waals surface area contributed by atoms with E-state index in [-0.39, 0.29) is 11.3 Å². The molecule has 0 fully saturated rings. The van der Waals surface area contributed by atoms with E-state index in [0.29, 0.717) is 29.3 Å². The summed E-state index contributed by atoms with van der Waals surface area (Å²) in [5.74, 6) is 0.504. The molecule has 0 unspecified atom stereocenters. The molecule has 5 heteroatoms. The lowest BCUT2D eigenvalue weighted by molar-refractivity contribution is 0.475. The number of aryl methyl sites for hydroxylation is 1. The zero-order chi connectivity index (χ0) is 16.2. The number of aromatic amines is 1. The van der Waals surface area contributed by atoms with Gasteiger partial charge >= 0.3 is 0 Å². The van der Waals surface area contributed by atoms with Crippen LogP contribution in [0.4, 0.5) is 11.6 Å². The summed E-state index contributed by atoms with van der Waals surface area (Å²) >= 11 is 0. The SMILES string of the molecule is Cc1nc(Nc2cccc(O)c2)[nH]c(=O)c1Cc1ccccc1. The van der Waals surface area contributed by atoms with E-state index in [0.717, 1.165) is 5.56 Å². The monoisotopic (exact) mass is 307 g/mol. The van der Waals surface area contributed by atoms with Gasteiger partial charge in [-0.2, -0.15) is 0 Å². The molecule has 3 rings (SSSR count). The minimum Gasteiger partial charge on any atom is -0.508 e. The van der Waals surface area contributed by atoms with E-state index in [4.69, 9.17) is 0 Å². The van der Waals surface area contributed by atoms with Gasteiger partial charge in [0.1, 0.15) is 5.75 Å². The van der Waals surface area contributed by atoms with Crippen molar-refractivity contribution in [2.45, 2.75) is 13.3 Å². The number of nitrogens with zero attached hydrogens (tertiary/aromatic N) is 1. The molecular weight excluding hydrogens is 290 g/mol. The summed E-state index contributed by atoms with van der Waals surface area (Å²) in [6.07, 6.45) is 0.543. The number of hydrogen-bond donors (Lipinski definition) is 3. The van der Waals surface area contributed by atoms with Crippen molar-refractivity contribution in [3.05, 3.63) is 81.8 Å². The van der Waals surface area contributed by atoms with Crippen molar-refractivity contribution < 1.29 is 5.11 Å². The van der Waals surface area contributed by atoms with Gasteiger partial charge in [-0.05, 0) is 24.6 Å². The van der Waals surface area contributed by atoms with Crippen LogP contribution in [0.3, 0.4) is 0 Å². The van der Waals surface area contributed by atoms with E-state index in [2.05, 4.69) is 15.3 Å². The second kappa shape index (κ2) is 6.36. The number of aromatic nitrogens is 2. The van der Waals surface area contributed by atoms with Gasteiger partial charge in [-0.15, -0.1) is 0 Å². The predicted octanol–water partition coefficient (Wildman–Crippen LogP) is 3.12. The van der Waals surface area contributed by atoms with Crippen molar-refractivity contribution in [2.75, 3.05) is 5.32 Å². The Morgan fingerprint density at radius 3 is 2.61 bits per heavy atom. The summed E-state index contributed by atoms with van der Waals surface area (Å²) < 4.78 is 0. The van der Waals surface area contributed by atoms with Crippen LogP contribution in [-0.2, 0) is 6.42 Å². The van der Waals surface area contributed by atoms with Crippen LogP contribution < -0.4 is 10.9 Å². The Hall–Kier alpha value is -3.08. The van der Waals surface area contributed by atoms with Crippen molar-refractivity contribution in [3.8, 4) is 5.75 Å². The zero-order valence-electron chi connectivity index (χ0n) is 12.7. The first kappa shape index (κ1) is 14.8. The van der Waals surface area contributed by atoms with E-state index in [1.165, 1.54) is 0 Å². The van der Waals surface area contributed by atoms with Crippen LogP contribution in [0.15, 0.2) is 59.4 Å². The molecule has 0 aliphatic rings. The molecule has 3 aromatic rings. The molecule has 0 radical (unpaired) electrons. The second-order valence-corrected chi connectivity index (χ2v) is 5.32. The third-order valence-corrected chi connectivity index (χ3v) is 3.55. The van der Waals surface area contributed by atoms with Crippen LogP contribution in [0.1, 0.15) is 16.8 Å². The van der Waals surface area contributed by atoms with Gasteiger partial charge in [0.15, 0.2) is 0 Å². The predicted molar refractivity (Wildman–Crippen MR) is 90.2 cm³/mol. The Bertz CT molecular complexity index is 873. The third kappa shape index (κ3) is 3.58. The molecule has 0 saturated heterocycles. The first-order valence-corrected chi connectivity index (χ1v) is 7.31. The van der Waals surface area contributed by atoms with Gasteiger partial charge in [0.25, 0.3) is 5.56 Å². The number of anilines is 2. The van der Waals surface area contributed by atoms with Crippen LogP contribution in [0.5, 0.6) is 5.75 Å². The van der Waals surface area contributed by atoms with Gasteiger partial charge in [-0.3, -0.25) is 9.78 Å². The molecule has 0 spiro atoms. The van der Waals surface area contributed by atoms with Gasteiger partial charge < -0.3 is 10.4 Å². The molecule has 0 saturated carbocycles. The van der Waals surface area contributed by atoms with Gasteiger partial charge in [0.05, 0.1) is 5.69 Å². The van der Waals surface area contributed by atoms with Gasteiger partial charge in [0, 0.05) is 23.7 Å². The molecule has 0 amide bonds. The first-order chi connectivity index (χ1) is 11.1. The average molecular weight is 307 g/mol. The number of benzene rings is 2. The molecule has 0 atom stereocenters. The van der Waals surface area contributed by atoms with Gasteiger partial charge in [-0.1, -0.05) is 36.4 Å². The lowest BCUT2D eigenvalue weighted by atomic mass is 10.1. The number of aromatic hydroxyl groups is 1. The number of rotatable bonds is 4. The van der Waals surface area contributed by atoms with E-state index < -0.39 is 0 Å². The maximum absolute atomic E-state index is 12.3. The summed E-state index contributed by atoms with van der Waals surface area (Å²) in [6.45, 7) is 1.82. The maximum atomic E-state index is 12.3. The third-order valence-electron chi connectivity index (χ3n) is 3.55. The van der Waals surface area contributed by atoms with Crippen LogP contribution >= 0.6 is 0 Å². The second-order valence-electron chi connectivity index (χ2n) is 5.32. The Labute approximate surface area is 133 Å². The van der Waals surface area contributed by atoms with Crippen LogP contribution in [0.2, 0.25) is 0 Å². The quantitative estimate of drug-likeness (QED) is 0.692. The summed E-state index contributed by atoms with van der Waals surface area (Å²) in [6, 6.07) is 16.5. The molecule has 1 aromatic heterocycles. The fourth-order valence-electron chi connectivity index (χ4n) is 2.40. The highest BCUT2D eigenvalue weighted by Crippen LogP contribution is 2.18. The Morgan fingerprint density at radius 1 is 1.13 bits per heavy atom. The molecule has 0 aliphatic heterocycles. The van der Waals surface area contributed by atoms with Crippen LogP contribution in [-0.4, -0.2) is 15.1 Å². The van der Waals surface area contributed by atoms with Crippen molar-refractivity contribution in [1.82, 2.24) is 9.97 Å². The Kier molecular flexibility index (Phi) is 4.10. The van der Waals surface area contributed by atoms with Crippen molar-refractivity contribution in [2.24, 2.45) is 0 Å². The maximum Gasteiger partial charge on any atom is 0.256 e. The standard InChI is InChI=1S/C18H17N3O2/c1-12-16(10-13-6-3-2-4-7-13)17(23)21-18(19-12)20-14-8-5-9-15(22)11-14/h2-9,11,22H,10H2,1H3,(H2,19,20,21,23). The van der Waals surface area contributed by atoms with E-state index >= 15 is 0 Å². The lowest BCUT2D eigenvalue weighted by Crippen LogP contribution is -2.18. The highest BCUT2D eigenvalue weighted by molar-refractivity contribution is 5.55. The molecule has 2 aromatic carbocycles. The van der Waals surface area contributed by atoms with Gasteiger partial charge in [0.2, 0.25) is 5.95 Å². The fraction of sp³-hybridized carbons (Fsp3) is 0.111. The van der Waals surface area contributed by atoms with E-state index in [1.54, 1.807) is 24.3 Å². The lowest BCUT2D eigenvalue weighted by Gasteiger charge is -2.09. The molecule has 3 N–H and O–H groups in total. The normalized spacial score (nSPS) is 10.5. The smallest absolute Gasteiger partial charge is 0.256 e. The summed E-state index contributed by atoms with van der Waals surface area (Å²) in [5.41, 5.74) is 2.89. The van der Waals surface area contributed by atoms with E-state index in [1.807, 2.05) is 37.3 Å². The topological polar surface area (TPSA) is 78.0 Å².